The first-order valence-electron chi connectivity index (χ1n) is 5.67. The molecule has 1 aromatic heterocycles. The molecule has 0 saturated heterocycles. The van der Waals surface area contributed by atoms with Crippen molar-refractivity contribution in [1.29, 1.82) is 5.26 Å². The summed E-state index contributed by atoms with van der Waals surface area (Å²) in [6.07, 6.45) is 0. The second kappa shape index (κ2) is 5.27. The van der Waals surface area contributed by atoms with E-state index in [2.05, 4.69) is 5.32 Å². The highest BCUT2D eigenvalue weighted by molar-refractivity contribution is 5.88. The van der Waals surface area contributed by atoms with Crippen molar-refractivity contribution in [3.8, 4) is 6.07 Å². The molecule has 0 aliphatic carbocycles. The molecule has 0 unspecified atom stereocenters. The zero-order valence-corrected chi connectivity index (χ0v) is 10.3. The van der Waals surface area contributed by atoms with Crippen LogP contribution in [0.1, 0.15) is 27.4 Å². The van der Waals surface area contributed by atoms with Gasteiger partial charge in [-0.05, 0) is 37.3 Å². The molecule has 0 spiro atoms. The van der Waals surface area contributed by atoms with Crippen molar-refractivity contribution in [3.63, 3.8) is 0 Å². The fourth-order valence-corrected chi connectivity index (χ4v) is 1.69. The van der Waals surface area contributed by atoms with E-state index in [0.29, 0.717) is 23.6 Å². The second-order valence-electron chi connectivity index (χ2n) is 4.03. The topological polar surface area (TPSA) is 86.3 Å². The van der Waals surface area contributed by atoms with Crippen LogP contribution >= 0.6 is 0 Å². The summed E-state index contributed by atoms with van der Waals surface area (Å²) < 4.78 is 5.35. The van der Waals surface area contributed by atoms with Crippen LogP contribution in [0.4, 0.5) is 5.69 Å². The molecule has 0 aliphatic rings. The van der Waals surface area contributed by atoms with E-state index in [9.17, 15) is 4.79 Å². The molecule has 2 rings (SSSR count). The summed E-state index contributed by atoms with van der Waals surface area (Å²) in [4.78, 5) is 10.9. The van der Waals surface area contributed by atoms with Crippen LogP contribution < -0.4 is 5.32 Å². The Kier molecular flexibility index (Phi) is 3.53. The Labute approximate surface area is 110 Å². The smallest absolute Gasteiger partial charge is 0.339 e. The number of aryl methyl sites for hydroxylation is 1. The predicted molar refractivity (Wildman–Crippen MR) is 68.9 cm³/mol. The van der Waals surface area contributed by atoms with Crippen molar-refractivity contribution in [1.82, 2.24) is 0 Å². The molecule has 1 heterocycles. The van der Waals surface area contributed by atoms with Gasteiger partial charge < -0.3 is 14.8 Å². The molecule has 0 aliphatic heterocycles. The zero-order valence-electron chi connectivity index (χ0n) is 10.3. The Balaban J connectivity index is 2.04. The van der Waals surface area contributed by atoms with Crippen molar-refractivity contribution in [3.05, 3.63) is 53.0 Å². The lowest BCUT2D eigenvalue weighted by molar-refractivity contribution is 0.0695. The molecule has 96 valence electrons. The van der Waals surface area contributed by atoms with Gasteiger partial charge in [-0.15, -0.1) is 0 Å². The summed E-state index contributed by atoms with van der Waals surface area (Å²) >= 11 is 0. The molecule has 0 radical (unpaired) electrons. The standard InChI is InChI=1S/C14H12N2O3/c1-9-13(14(17)18)6-12(19-9)8-16-11-4-2-10(7-15)3-5-11/h2-6,16H,8H2,1H3,(H,17,18). The fourth-order valence-electron chi connectivity index (χ4n) is 1.69. The maximum Gasteiger partial charge on any atom is 0.339 e. The molecule has 0 saturated carbocycles. The molecule has 0 fully saturated rings. The maximum absolute atomic E-state index is 10.9. The van der Waals surface area contributed by atoms with Gasteiger partial charge in [0.1, 0.15) is 17.1 Å². The van der Waals surface area contributed by atoms with Gasteiger partial charge in [-0.1, -0.05) is 0 Å². The number of rotatable bonds is 4. The average molecular weight is 256 g/mol. The fraction of sp³-hybridized carbons (Fsp3) is 0.143. The maximum atomic E-state index is 10.9. The van der Waals surface area contributed by atoms with E-state index in [1.807, 2.05) is 6.07 Å². The van der Waals surface area contributed by atoms with Crippen LogP contribution in [0.3, 0.4) is 0 Å². The summed E-state index contributed by atoms with van der Waals surface area (Å²) in [5, 5.41) is 20.7. The zero-order chi connectivity index (χ0) is 13.8. The predicted octanol–water partition coefficient (Wildman–Crippen LogP) is 2.77. The summed E-state index contributed by atoms with van der Waals surface area (Å²) in [5.41, 5.74) is 1.61. The quantitative estimate of drug-likeness (QED) is 0.878. The van der Waals surface area contributed by atoms with Crippen LogP contribution in [0.2, 0.25) is 0 Å². The Hall–Kier alpha value is -2.74. The van der Waals surface area contributed by atoms with Gasteiger partial charge >= 0.3 is 5.97 Å². The van der Waals surface area contributed by atoms with Crippen molar-refractivity contribution >= 4 is 11.7 Å². The lowest BCUT2D eigenvalue weighted by Gasteiger charge is -2.03. The van der Waals surface area contributed by atoms with E-state index in [1.54, 1.807) is 31.2 Å². The molecule has 0 bridgehead atoms. The molecule has 5 nitrogen and oxygen atoms in total. The number of carboxylic acid groups (broad SMARTS) is 1. The van der Waals surface area contributed by atoms with Gasteiger partial charge in [0.25, 0.3) is 0 Å². The van der Waals surface area contributed by atoms with Crippen LogP contribution in [-0.4, -0.2) is 11.1 Å². The number of benzene rings is 1. The molecular weight excluding hydrogens is 244 g/mol. The average Bonchev–Trinajstić information content (AvgIpc) is 2.78. The number of anilines is 1. The van der Waals surface area contributed by atoms with Crippen LogP contribution in [-0.2, 0) is 6.54 Å². The molecule has 5 heteroatoms. The van der Waals surface area contributed by atoms with Crippen molar-refractivity contribution < 1.29 is 14.3 Å². The number of nitrogens with zero attached hydrogens (tertiary/aromatic N) is 1. The van der Waals surface area contributed by atoms with Crippen LogP contribution in [0.5, 0.6) is 0 Å². The Morgan fingerprint density at radius 2 is 2.11 bits per heavy atom. The van der Waals surface area contributed by atoms with Gasteiger partial charge in [-0.2, -0.15) is 5.26 Å². The summed E-state index contributed by atoms with van der Waals surface area (Å²) in [5.74, 6) is -0.0470. The van der Waals surface area contributed by atoms with Gasteiger partial charge in [0.2, 0.25) is 0 Å². The van der Waals surface area contributed by atoms with Gasteiger partial charge in [0.15, 0.2) is 0 Å². The highest BCUT2D eigenvalue weighted by atomic mass is 16.4. The molecular formula is C14H12N2O3. The summed E-state index contributed by atoms with van der Waals surface area (Å²) in [6.45, 7) is 2.01. The lowest BCUT2D eigenvalue weighted by atomic mass is 10.2. The molecule has 2 aromatic rings. The van der Waals surface area contributed by atoms with E-state index in [1.165, 1.54) is 6.07 Å². The first-order chi connectivity index (χ1) is 9.10. The normalized spacial score (nSPS) is 9.89. The van der Waals surface area contributed by atoms with Gasteiger partial charge in [0.05, 0.1) is 18.2 Å². The molecule has 1 aromatic carbocycles. The minimum absolute atomic E-state index is 0.177. The van der Waals surface area contributed by atoms with E-state index < -0.39 is 5.97 Å². The molecule has 0 atom stereocenters. The number of nitrogens with one attached hydrogen (secondary N) is 1. The van der Waals surface area contributed by atoms with E-state index in [-0.39, 0.29) is 5.56 Å². The third kappa shape index (κ3) is 2.93. The third-order valence-corrected chi connectivity index (χ3v) is 2.68. The number of furan rings is 1. The second-order valence-corrected chi connectivity index (χ2v) is 4.03. The van der Waals surface area contributed by atoms with Crippen molar-refractivity contribution in [2.24, 2.45) is 0 Å². The third-order valence-electron chi connectivity index (χ3n) is 2.68. The van der Waals surface area contributed by atoms with Gasteiger partial charge in [-0.25, -0.2) is 4.79 Å². The number of nitriles is 1. The molecule has 19 heavy (non-hydrogen) atoms. The number of carbonyl (C=O) groups is 1. The van der Waals surface area contributed by atoms with Crippen molar-refractivity contribution in [2.75, 3.05) is 5.32 Å². The number of aromatic carboxylic acids is 1. The summed E-state index contributed by atoms with van der Waals surface area (Å²) in [7, 11) is 0. The first kappa shape index (κ1) is 12.7. The van der Waals surface area contributed by atoms with E-state index >= 15 is 0 Å². The SMILES string of the molecule is Cc1oc(CNc2ccc(C#N)cc2)cc1C(=O)O. The largest absolute Gasteiger partial charge is 0.478 e. The Morgan fingerprint density at radius 1 is 1.42 bits per heavy atom. The van der Waals surface area contributed by atoms with Crippen molar-refractivity contribution in [2.45, 2.75) is 13.5 Å². The molecule has 2 N–H and O–H groups in total. The minimum atomic E-state index is -0.995. The van der Waals surface area contributed by atoms with Gasteiger partial charge in [0, 0.05) is 5.69 Å². The number of hydrogen-bond donors (Lipinski definition) is 2. The highest BCUT2D eigenvalue weighted by Gasteiger charge is 2.13. The number of hydrogen-bond acceptors (Lipinski definition) is 4. The van der Waals surface area contributed by atoms with Crippen LogP contribution in [0.15, 0.2) is 34.7 Å². The monoisotopic (exact) mass is 256 g/mol. The Morgan fingerprint density at radius 3 is 2.63 bits per heavy atom. The van der Waals surface area contributed by atoms with E-state index in [4.69, 9.17) is 14.8 Å². The van der Waals surface area contributed by atoms with Crippen LogP contribution in [0, 0.1) is 18.3 Å². The van der Waals surface area contributed by atoms with Crippen LogP contribution in [0.25, 0.3) is 0 Å². The number of carboxylic acids is 1. The summed E-state index contributed by atoms with van der Waals surface area (Å²) in [6, 6.07) is 10.5. The Bertz CT molecular complexity index is 636. The first-order valence-corrected chi connectivity index (χ1v) is 5.67. The van der Waals surface area contributed by atoms with E-state index in [0.717, 1.165) is 5.69 Å². The molecule has 0 amide bonds. The highest BCUT2D eigenvalue weighted by Crippen LogP contribution is 2.16. The lowest BCUT2D eigenvalue weighted by Crippen LogP contribution is -1.98. The minimum Gasteiger partial charge on any atom is -0.478 e. The van der Waals surface area contributed by atoms with Gasteiger partial charge in [-0.3, -0.25) is 0 Å².